The Morgan fingerprint density at radius 1 is 1.38 bits per heavy atom. The van der Waals surface area contributed by atoms with E-state index in [1.165, 1.54) is 25.7 Å². The summed E-state index contributed by atoms with van der Waals surface area (Å²) in [6.45, 7) is 4.31. The normalized spacial score (nSPS) is 20.9. The predicted molar refractivity (Wildman–Crippen MR) is 55.8 cm³/mol. The molecular formula is C11H19ClO. The zero-order valence-electron chi connectivity index (χ0n) is 8.55. The summed E-state index contributed by atoms with van der Waals surface area (Å²) < 4.78 is 0. The van der Waals surface area contributed by atoms with E-state index in [9.17, 15) is 4.79 Å². The summed E-state index contributed by atoms with van der Waals surface area (Å²) in [5, 5.41) is -0.111. The summed E-state index contributed by atoms with van der Waals surface area (Å²) in [5.74, 6) is 1.28. The van der Waals surface area contributed by atoms with Crippen molar-refractivity contribution in [1.29, 1.82) is 0 Å². The van der Waals surface area contributed by atoms with E-state index in [0.717, 1.165) is 6.42 Å². The summed E-state index contributed by atoms with van der Waals surface area (Å²) in [5.41, 5.74) is 0. The van der Waals surface area contributed by atoms with E-state index >= 15 is 0 Å². The Morgan fingerprint density at radius 2 is 1.92 bits per heavy atom. The van der Waals surface area contributed by atoms with Crippen molar-refractivity contribution in [2.75, 3.05) is 0 Å². The number of carbonyl (C=O) groups is 1. The van der Waals surface area contributed by atoms with Gasteiger partial charge in [0.25, 0.3) is 0 Å². The first-order valence-corrected chi connectivity index (χ1v) is 5.68. The molecule has 0 N–H and O–H groups in total. The van der Waals surface area contributed by atoms with Crippen LogP contribution in [0, 0.1) is 17.8 Å². The number of halogens is 1. The van der Waals surface area contributed by atoms with E-state index < -0.39 is 0 Å². The lowest BCUT2D eigenvalue weighted by Gasteiger charge is -2.21. The molecule has 0 aromatic heterocycles. The molecule has 1 saturated carbocycles. The summed E-state index contributed by atoms with van der Waals surface area (Å²) >= 11 is 5.63. The van der Waals surface area contributed by atoms with E-state index in [1.54, 1.807) is 0 Å². The molecule has 1 rings (SSSR count). The van der Waals surface area contributed by atoms with Crippen molar-refractivity contribution >= 4 is 16.8 Å². The van der Waals surface area contributed by atoms with Gasteiger partial charge in [-0.2, -0.15) is 0 Å². The van der Waals surface area contributed by atoms with Crippen LogP contribution >= 0.6 is 11.6 Å². The van der Waals surface area contributed by atoms with Gasteiger partial charge < -0.3 is 0 Å². The van der Waals surface area contributed by atoms with Gasteiger partial charge in [0.15, 0.2) is 0 Å². The molecule has 0 saturated heterocycles. The van der Waals surface area contributed by atoms with Crippen molar-refractivity contribution in [3.63, 3.8) is 0 Å². The quantitative estimate of drug-likeness (QED) is 0.637. The third kappa shape index (κ3) is 3.30. The van der Waals surface area contributed by atoms with Crippen molar-refractivity contribution in [2.45, 2.75) is 46.0 Å². The Morgan fingerprint density at radius 3 is 2.31 bits per heavy atom. The van der Waals surface area contributed by atoms with Crippen LogP contribution in [-0.4, -0.2) is 5.24 Å². The minimum atomic E-state index is -0.111. The fourth-order valence-corrected chi connectivity index (χ4v) is 2.61. The fraction of sp³-hybridized carbons (Fsp3) is 0.909. The maximum absolute atomic E-state index is 11.2. The highest BCUT2D eigenvalue weighted by atomic mass is 35.5. The molecule has 76 valence electrons. The number of hydrogen-bond acceptors (Lipinski definition) is 1. The first kappa shape index (κ1) is 11.0. The van der Waals surface area contributed by atoms with Gasteiger partial charge in [-0.25, -0.2) is 0 Å². The van der Waals surface area contributed by atoms with Crippen LogP contribution in [0.3, 0.4) is 0 Å². The standard InChI is InChI=1S/C11H19ClO/c1-8(2)7-10(11(12)13)9-5-3-4-6-9/h8-10H,3-7H2,1-2H3. The smallest absolute Gasteiger partial charge is 0.225 e. The lowest BCUT2D eigenvalue weighted by atomic mass is 9.85. The SMILES string of the molecule is CC(C)CC(C(=O)Cl)C1CCCC1. The summed E-state index contributed by atoms with van der Waals surface area (Å²) in [4.78, 5) is 11.2. The average molecular weight is 203 g/mol. The Labute approximate surface area is 85.8 Å². The van der Waals surface area contributed by atoms with Gasteiger partial charge in [0.1, 0.15) is 0 Å². The van der Waals surface area contributed by atoms with E-state index in [2.05, 4.69) is 13.8 Å². The molecule has 1 nitrogen and oxygen atoms in total. The van der Waals surface area contributed by atoms with Crippen molar-refractivity contribution in [1.82, 2.24) is 0 Å². The van der Waals surface area contributed by atoms with Crippen molar-refractivity contribution in [3.05, 3.63) is 0 Å². The van der Waals surface area contributed by atoms with Gasteiger partial charge in [0, 0.05) is 5.92 Å². The molecule has 1 fully saturated rings. The molecule has 0 bridgehead atoms. The molecule has 0 heterocycles. The van der Waals surface area contributed by atoms with Crippen LogP contribution in [-0.2, 0) is 4.79 Å². The third-order valence-electron chi connectivity index (χ3n) is 2.99. The van der Waals surface area contributed by atoms with Crippen LogP contribution in [0.15, 0.2) is 0 Å². The molecule has 2 heteroatoms. The molecular weight excluding hydrogens is 184 g/mol. The summed E-state index contributed by atoms with van der Waals surface area (Å²) in [6.07, 6.45) is 5.94. The van der Waals surface area contributed by atoms with Crippen LogP contribution < -0.4 is 0 Å². The molecule has 0 radical (unpaired) electrons. The van der Waals surface area contributed by atoms with Gasteiger partial charge in [-0.3, -0.25) is 4.79 Å². The number of rotatable bonds is 4. The first-order valence-electron chi connectivity index (χ1n) is 5.30. The van der Waals surface area contributed by atoms with Gasteiger partial charge in [0.2, 0.25) is 5.24 Å². The van der Waals surface area contributed by atoms with Gasteiger partial charge in [-0.15, -0.1) is 0 Å². The zero-order chi connectivity index (χ0) is 9.84. The van der Waals surface area contributed by atoms with Crippen LogP contribution in [0.25, 0.3) is 0 Å². The largest absolute Gasteiger partial charge is 0.281 e. The molecule has 1 unspecified atom stereocenters. The monoisotopic (exact) mass is 202 g/mol. The molecule has 0 aromatic rings. The van der Waals surface area contributed by atoms with E-state index in [-0.39, 0.29) is 11.2 Å². The fourth-order valence-electron chi connectivity index (χ4n) is 2.34. The Kier molecular flexibility index (Phi) is 4.24. The van der Waals surface area contributed by atoms with Crippen molar-refractivity contribution in [2.24, 2.45) is 17.8 Å². The van der Waals surface area contributed by atoms with E-state index in [0.29, 0.717) is 11.8 Å². The van der Waals surface area contributed by atoms with Crippen LogP contribution in [0.4, 0.5) is 0 Å². The second-order valence-electron chi connectivity index (χ2n) is 4.58. The average Bonchev–Trinajstić information content (AvgIpc) is 2.50. The highest BCUT2D eigenvalue weighted by molar-refractivity contribution is 6.64. The van der Waals surface area contributed by atoms with Crippen molar-refractivity contribution < 1.29 is 4.79 Å². The van der Waals surface area contributed by atoms with Gasteiger partial charge in [0.05, 0.1) is 0 Å². The Bertz CT molecular complexity index is 171. The van der Waals surface area contributed by atoms with Crippen LogP contribution in [0.5, 0.6) is 0 Å². The van der Waals surface area contributed by atoms with Gasteiger partial charge >= 0.3 is 0 Å². The molecule has 13 heavy (non-hydrogen) atoms. The topological polar surface area (TPSA) is 17.1 Å². The molecule has 0 spiro atoms. The molecule has 0 amide bonds. The second kappa shape index (κ2) is 4.99. The highest BCUT2D eigenvalue weighted by Crippen LogP contribution is 2.35. The van der Waals surface area contributed by atoms with Crippen LogP contribution in [0.2, 0.25) is 0 Å². The molecule has 0 aliphatic heterocycles. The predicted octanol–water partition coefficient (Wildman–Crippen LogP) is 3.60. The zero-order valence-corrected chi connectivity index (χ0v) is 9.31. The minimum absolute atomic E-state index is 0.111. The van der Waals surface area contributed by atoms with Gasteiger partial charge in [-0.1, -0.05) is 26.7 Å². The first-order chi connectivity index (χ1) is 6.11. The number of carbonyl (C=O) groups excluding carboxylic acids is 1. The Hall–Kier alpha value is -0.0400. The van der Waals surface area contributed by atoms with Crippen LogP contribution in [0.1, 0.15) is 46.0 Å². The minimum Gasteiger partial charge on any atom is -0.281 e. The third-order valence-corrected chi connectivity index (χ3v) is 3.27. The maximum Gasteiger partial charge on any atom is 0.225 e. The van der Waals surface area contributed by atoms with E-state index in [4.69, 9.17) is 11.6 Å². The maximum atomic E-state index is 11.2. The molecule has 0 aromatic carbocycles. The summed E-state index contributed by atoms with van der Waals surface area (Å²) in [7, 11) is 0. The summed E-state index contributed by atoms with van der Waals surface area (Å²) in [6, 6.07) is 0. The lowest BCUT2D eigenvalue weighted by molar-refractivity contribution is -0.117. The van der Waals surface area contributed by atoms with Gasteiger partial charge in [-0.05, 0) is 42.7 Å². The Balaban J connectivity index is 2.50. The van der Waals surface area contributed by atoms with E-state index in [1.807, 2.05) is 0 Å². The molecule has 1 aliphatic rings. The lowest BCUT2D eigenvalue weighted by Crippen LogP contribution is -2.20. The molecule has 1 aliphatic carbocycles. The van der Waals surface area contributed by atoms with Crippen molar-refractivity contribution in [3.8, 4) is 0 Å². The number of hydrogen-bond donors (Lipinski definition) is 0. The highest BCUT2D eigenvalue weighted by Gasteiger charge is 2.29. The molecule has 1 atom stereocenters. The second-order valence-corrected chi connectivity index (χ2v) is 4.96.